The van der Waals surface area contributed by atoms with Crippen molar-refractivity contribution in [2.24, 2.45) is 5.92 Å². The SMILES string of the molecule is CC(C)C(NC(=O)COc1ccc2c(c1)CCC2)C(=O)O. The highest BCUT2D eigenvalue weighted by Gasteiger charge is 2.23. The lowest BCUT2D eigenvalue weighted by Gasteiger charge is -2.18. The second kappa shape index (κ2) is 6.61. The summed E-state index contributed by atoms with van der Waals surface area (Å²) in [5, 5.41) is 11.5. The highest BCUT2D eigenvalue weighted by atomic mass is 16.5. The molecule has 2 N–H and O–H groups in total. The van der Waals surface area contributed by atoms with Crippen LogP contribution in [0.4, 0.5) is 0 Å². The van der Waals surface area contributed by atoms with Crippen molar-refractivity contribution in [3.8, 4) is 5.75 Å². The number of fused-ring (bicyclic) bond motifs is 1. The fraction of sp³-hybridized carbons (Fsp3) is 0.500. The van der Waals surface area contributed by atoms with Gasteiger partial charge in [-0.05, 0) is 48.4 Å². The molecule has 0 radical (unpaired) electrons. The number of hydrogen-bond donors (Lipinski definition) is 2. The molecule has 0 saturated heterocycles. The van der Waals surface area contributed by atoms with Crippen molar-refractivity contribution in [3.63, 3.8) is 0 Å². The maximum atomic E-state index is 11.8. The highest BCUT2D eigenvalue weighted by Crippen LogP contribution is 2.25. The number of carboxylic acid groups (broad SMARTS) is 1. The van der Waals surface area contributed by atoms with Crippen molar-refractivity contribution in [2.45, 2.75) is 39.2 Å². The van der Waals surface area contributed by atoms with Crippen LogP contribution in [0.3, 0.4) is 0 Å². The first kappa shape index (κ1) is 15.4. The normalized spacial score (nSPS) is 14.6. The predicted molar refractivity (Wildman–Crippen MR) is 78.4 cm³/mol. The Morgan fingerprint density at radius 3 is 2.67 bits per heavy atom. The number of carbonyl (C=O) groups excluding carboxylic acids is 1. The Hall–Kier alpha value is -2.04. The molecule has 0 aromatic heterocycles. The van der Waals surface area contributed by atoms with Crippen LogP contribution in [0.15, 0.2) is 18.2 Å². The molecule has 0 heterocycles. The van der Waals surface area contributed by atoms with Gasteiger partial charge < -0.3 is 15.2 Å². The Kier molecular flexibility index (Phi) is 4.83. The second-order valence-electron chi connectivity index (χ2n) is 5.70. The zero-order chi connectivity index (χ0) is 15.4. The van der Waals surface area contributed by atoms with E-state index >= 15 is 0 Å². The summed E-state index contributed by atoms with van der Waals surface area (Å²) in [7, 11) is 0. The number of nitrogens with one attached hydrogen (secondary N) is 1. The van der Waals surface area contributed by atoms with E-state index in [1.165, 1.54) is 11.1 Å². The Morgan fingerprint density at radius 2 is 2.00 bits per heavy atom. The summed E-state index contributed by atoms with van der Waals surface area (Å²) in [6.07, 6.45) is 3.31. The van der Waals surface area contributed by atoms with Gasteiger partial charge in [0.15, 0.2) is 6.61 Å². The van der Waals surface area contributed by atoms with E-state index in [0.717, 1.165) is 19.3 Å². The lowest BCUT2D eigenvalue weighted by atomic mass is 10.1. The summed E-state index contributed by atoms with van der Waals surface area (Å²) < 4.78 is 5.45. The Labute approximate surface area is 124 Å². The van der Waals surface area contributed by atoms with Crippen molar-refractivity contribution in [1.82, 2.24) is 5.32 Å². The smallest absolute Gasteiger partial charge is 0.326 e. The molecule has 21 heavy (non-hydrogen) atoms. The average molecular weight is 291 g/mol. The number of rotatable bonds is 6. The third kappa shape index (κ3) is 3.97. The summed E-state index contributed by atoms with van der Waals surface area (Å²) in [6.45, 7) is 3.33. The molecule has 114 valence electrons. The zero-order valence-electron chi connectivity index (χ0n) is 12.4. The second-order valence-corrected chi connectivity index (χ2v) is 5.70. The maximum absolute atomic E-state index is 11.8. The van der Waals surface area contributed by atoms with Gasteiger partial charge in [-0.1, -0.05) is 19.9 Å². The van der Waals surface area contributed by atoms with Crippen molar-refractivity contribution < 1.29 is 19.4 Å². The molecule has 1 aromatic rings. The van der Waals surface area contributed by atoms with Gasteiger partial charge >= 0.3 is 5.97 Å². The molecular formula is C16H21NO4. The van der Waals surface area contributed by atoms with E-state index in [9.17, 15) is 9.59 Å². The lowest BCUT2D eigenvalue weighted by molar-refractivity contribution is -0.143. The first-order valence-corrected chi connectivity index (χ1v) is 7.24. The number of aryl methyl sites for hydroxylation is 2. The fourth-order valence-corrected chi connectivity index (χ4v) is 2.52. The van der Waals surface area contributed by atoms with Gasteiger partial charge in [-0.15, -0.1) is 0 Å². The number of amides is 1. The molecule has 5 heteroatoms. The van der Waals surface area contributed by atoms with Gasteiger partial charge in [0.2, 0.25) is 0 Å². The molecule has 2 rings (SSSR count). The molecule has 0 saturated carbocycles. The molecule has 1 atom stereocenters. The van der Waals surface area contributed by atoms with Gasteiger partial charge in [-0.2, -0.15) is 0 Å². The summed E-state index contributed by atoms with van der Waals surface area (Å²) in [5.41, 5.74) is 2.62. The van der Waals surface area contributed by atoms with Crippen LogP contribution in [0.2, 0.25) is 0 Å². The van der Waals surface area contributed by atoms with E-state index in [1.807, 2.05) is 18.2 Å². The predicted octanol–water partition coefficient (Wildman–Crippen LogP) is 1.78. The minimum absolute atomic E-state index is 0.171. The molecule has 1 aliphatic rings. The Morgan fingerprint density at radius 1 is 1.29 bits per heavy atom. The number of benzene rings is 1. The minimum atomic E-state index is -1.03. The van der Waals surface area contributed by atoms with E-state index in [-0.39, 0.29) is 12.5 Å². The van der Waals surface area contributed by atoms with Crippen LogP contribution < -0.4 is 10.1 Å². The quantitative estimate of drug-likeness (QED) is 0.837. The standard InChI is InChI=1S/C16H21NO4/c1-10(2)15(16(19)20)17-14(18)9-21-13-7-6-11-4-3-5-12(11)8-13/h6-8,10,15H,3-5,9H2,1-2H3,(H,17,18)(H,19,20). The highest BCUT2D eigenvalue weighted by molar-refractivity contribution is 5.84. The van der Waals surface area contributed by atoms with Gasteiger partial charge in [0.1, 0.15) is 11.8 Å². The molecule has 0 spiro atoms. The van der Waals surface area contributed by atoms with Crippen LogP contribution in [0, 0.1) is 5.92 Å². The van der Waals surface area contributed by atoms with Crippen molar-refractivity contribution in [2.75, 3.05) is 6.61 Å². The molecule has 0 aliphatic heterocycles. The van der Waals surface area contributed by atoms with Crippen molar-refractivity contribution in [1.29, 1.82) is 0 Å². The number of hydrogen-bond acceptors (Lipinski definition) is 3. The number of carbonyl (C=O) groups is 2. The van der Waals surface area contributed by atoms with Crippen LogP contribution in [-0.4, -0.2) is 29.6 Å². The van der Waals surface area contributed by atoms with Gasteiger partial charge in [0, 0.05) is 0 Å². The molecule has 1 aliphatic carbocycles. The Balaban J connectivity index is 1.88. The number of ether oxygens (including phenoxy) is 1. The summed E-state index contributed by atoms with van der Waals surface area (Å²) >= 11 is 0. The molecule has 1 amide bonds. The topological polar surface area (TPSA) is 75.6 Å². The zero-order valence-corrected chi connectivity index (χ0v) is 12.4. The van der Waals surface area contributed by atoms with Crippen LogP contribution in [0.1, 0.15) is 31.4 Å². The van der Waals surface area contributed by atoms with Gasteiger partial charge in [0.25, 0.3) is 5.91 Å². The summed E-state index contributed by atoms with van der Waals surface area (Å²) in [6, 6.07) is 4.96. The van der Waals surface area contributed by atoms with E-state index < -0.39 is 17.9 Å². The van der Waals surface area contributed by atoms with E-state index in [1.54, 1.807) is 13.8 Å². The average Bonchev–Trinajstić information content (AvgIpc) is 2.89. The molecule has 0 bridgehead atoms. The van der Waals surface area contributed by atoms with E-state index in [2.05, 4.69) is 5.32 Å². The van der Waals surface area contributed by atoms with Crippen molar-refractivity contribution in [3.05, 3.63) is 29.3 Å². The first-order valence-electron chi connectivity index (χ1n) is 7.24. The molecule has 1 unspecified atom stereocenters. The van der Waals surface area contributed by atoms with Crippen molar-refractivity contribution >= 4 is 11.9 Å². The largest absolute Gasteiger partial charge is 0.484 e. The van der Waals surface area contributed by atoms with Crippen LogP contribution in [0.5, 0.6) is 5.75 Å². The van der Waals surface area contributed by atoms with Crippen LogP contribution in [0.25, 0.3) is 0 Å². The number of aliphatic carboxylic acids is 1. The summed E-state index contributed by atoms with van der Waals surface area (Å²) in [4.78, 5) is 22.8. The van der Waals surface area contributed by atoms with Gasteiger partial charge in [0.05, 0.1) is 0 Å². The first-order chi connectivity index (χ1) is 9.97. The fourth-order valence-electron chi connectivity index (χ4n) is 2.52. The number of carboxylic acids is 1. The van der Waals surface area contributed by atoms with Crippen LogP contribution >= 0.6 is 0 Å². The summed E-state index contributed by atoms with van der Waals surface area (Å²) in [5.74, 6) is -0.971. The molecular weight excluding hydrogens is 270 g/mol. The van der Waals surface area contributed by atoms with E-state index in [0.29, 0.717) is 5.75 Å². The Bertz CT molecular complexity index is 539. The van der Waals surface area contributed by atoms with E-state index in [4.69, 9.17) is 9.84 Å². The van der Waals surface area contributed by atoms with Gasteiger partial charge in [-0.25, -0.2) is 4.79 Å². The maximum Gasteiger partial charge on any atom is 0.326 e. The molecule has 1 aromatic carbocycles. The third-order valence-electron chi connectivity index (χ3n) is 3.69. The lowest BCUT2D eigenvalue weighted by Crippen LogP contribution is -2.46. The third-order valence-corrected chi connectivity index (χ3v) is 3.69. The minimum Gasteiger partial charge on any atom is -0.484 e. The molecule has 0 fully saturated rings. The monoisotopic (exact) mass is 291 g/mol. The van der Waals surface area contributed by atoms with Crippen LogP contribution in [-0.2, 0) is 22.4 Å². The molecule has 5 nitrogen and oxygen atoms in total. The van der Waals surface area contributed by atoms with Gasteiger partial charge in [-0.3, -0.25) is 4.79 Å².